The van der Waals surface area contributed by atoms with E-state index in [1.54, 1.807) is 11.1 Å². The van der Waals surface area contributed by atoms with Gasteiger partial charge >= 0.3 is 0 Å². The maximum absolute atomic E-state index is 4.37. The Morgan fingerprint density at radius 3 is 2.36 bits per heavy atom. The Kier molecular flexibility index (Phi) is 3.77. The quantitative estimate of drug-likeness (QED) is 0.849. The molecule has 2 aliphatic rings. The van der Waals surface area contributed by atoms with E-state index in [1.807, 2.05) is 18.5 Å². The zero-order chi connectivity index (χ0) is 14.8. The third kappa shape index (κ3) is 2.71. The molecule has 0 saturated carbocycles. The van der Waals surface area contributed by atoms with Crippen molar-refractivity contribution in [3.63, 3.8) is 0 Å². The van der Waals surface area contributed by atoms with Gasteiger partial charge in [0, 0.05) is 44.6 Å². The minimum atomic E-state index is 0.703. The predicted octanol–water partition coefficient (Wildman–Crippen LogP) is 2.16. The Bertz CT molecular complexity index is 620. The molecule has 4 rings (SSSR count). The number of aryl methyl sites for hydroxylation is 1. The van der Waals surface area contributed by atoms with E-state index >= 15 is 0 Å². The number of nitrogens with zero attached hydrogens (tertiary/aromatic N) is 4. The second kappa shape index (κ2) is 6.05. The van der Waals surface area contributed by atoms with Crippen LogP contribution in [0.25, 0.3) is 0 Å². The summed E-state index contributed by atoms with van der Waals surface area (Å²) in [6.45, 7) is 4.29. The van der Waals surface area contributed by atoms with Gasteiger partial charge in [0.05, 0.1) is 0 Å². The number of hydrogen-bond donors (Lipinski definition) is 0. The molecule has 0 amide bonds. The first-order valence-corrected chi connectivity index (χ1v) is 8.23. The SMILES string of the molecule is c1cnc(N2CCN(C3CCc4ccccc4C3)CC2)nc1. The fraction of sp³-hybridized carbons (Fsp3) is 0.444. The van der Waals surface area contributed by atoms with Gasteiger partial charge in [0.25, 0.3) is 0 Å². The van der Waals surface area contributed by atoms with Crippen LogP contribution in [0.4, 0.5) is 5.95 Å². The standard InChI is InChI=1S/C18H22N4/c1-2-5-16-14-17(7-6-15(16)4-1)21-10-12-22(13-11-21)18-19-8-3-9-20-18/h1-5,8-9,17H,6-7,10-14H2. The van der Waals surface area contributed by atoms with Gasteiger partial charge in [-0.25, -0.2) is 9.97 Å². The molecule has 22 heavy (non-hydrogen) atoms. The highest BCUT2D eigenvalue weighted by Crippen LogP contribution is 2.25. The van der Waals surface area contributed by atoms with Crippen molar-refractivity contribution in [3.8, 4) is 0 Å². The minimum absolute atomic E-state index is 0.703. The van der Waals surface area contributed by atoms with Gasteiger partial charge in [-0.2, -0.15) is 0 Å². The van der Waals surface area contributed by atoms with E-state index in [1.165, 1.54) is 19.3 Å². The van der Waals surface area contributed by atoms with Crippen LogP contribution >= 0.6 is 0 Å². The van der Waals surface area contributed by atoms with E-state index in [4.69, 9.17) is 0 Å². The first-order valence-electron chi connectivity index (χ1n) is 8.23. The predicted molar refractivity (Wildman–Crippen MR) is 88.1 cm³/mol. The Hall–Kier alpha value is -1.94. The van der Waals surface area contributed by atoms with Crippen LogP contribution in [0.3, 0.4) is 0 Å². The molecular weight excluding hydrogens is 272 g/mol. The van der Waals surface area contributed by atoms with E-state index < -0.39 is 0 Å². The van der Waals surface area contributed by atoms with Crippen molar-refractivity contribution in [3.05, 3.63) is 53.9 Å². The summed E-state index contributed by atoms with van der Waals surface area (Å²) in [5, 5.41) is 0. The lowest BCUT2D eigenvalue weighted by Crippen LogP contribution is -2.52. The average Bonchev–Trinajstić information content (AvgIpc) is 2.62. The Morgan fingerprint density at radius 1 is 0.864 bits per heavy atom. The van der Waals surface area contributed by atoms with Crippen molar-refractivity contribution in [2.24, 2.45) is 0 Å². The van der Waals surface area contributed by atoms with Crippen LogP contribution < -0.4 is 4.90 Å². The molecule has 4 nitrogen and oxygen atoms in total. The lowest BCUT2D eigenvalue weighted by Gasteiger charge is -2.41. The highest BCUT2D eigenvalue weighted by atomic mass is 15.3. The van der Waals surface area contributed by atoms with Crippen LogP contribution in [0.15, 0.2) is 42.7 Å². The van der Waals surface area contributed by atoms with Gasteiger partial charge in [-0.1, -0.05) is 24.3 Å². The number of anilines is 1. The smallest absolute Gasteiger partial charge is 0.225 e. The van der Waals surface area contributed by atoms with Crippen LogP contribution in [0, 0.1) is 0 Å². The molecule has 1 fully saturated rings. The van der Waals surface area contributed by atoms with Gasteiger partial charge in [0.1, 0.15) is 0 Å². The lowest BCUT2D eigenvalue weighted by molar-refractivity contribution is 0.169. The third-order valence-electron chi connectivity index (χ3n) is 4.99. The largest absolute Gasteiger partial charge is 0.338 e. The molecule has 0 spiro atoms. The van der Waals surface area contributed by atoms with Crippen molar-refractivity contribution >= 4 is 5.95 Å². The molecule has 2 heterocycles. The zero-order valence-corrected chi connectivity index (χ0v) is 12.9. The molecule has 1 aromatic carbocycles. The number of benzene rings is 1. The zero-order valence-electron chi connectivity index (χ0n) is 12.9. The van der Waals surface area contributed by atoms with E-state index in [9.17, 15) is 0 Å². The van der Waals surface area contributed by atoms with Gasteiger partial charge in [-0.05, 0) is 36.5 Å². The van der Waals surface area contributed by atoms with Crippen molar-refractivity contribution in [1.82, 2.24) is 14.9 Å². The summed E-state index contributed by atoms with van der Waals surface area (Å²) in [5.74, 6) is 0.871. The van der Waals surface area contributed by atoms with Crippen molar-refractivity contribution in [1.29, 1.82) is 0 Å². The van der Waals surface area contributed by atoms with Crippen molar-refractivity contribution in [2.45, 2.75) is 25.3 Å². The Balaban J connectivity index is 1.38. The molecule has 1 aromatic heterocycles. The number of fused-ring (bicyclic) bond motifs is 1. The maximum atomic E-state index is 4.37. The van der Waals surface area contributed by atoms with E-state index in [0.29, 0.717) is 6.04 Å². The van der Waals surface area contributed by atoms with Gasteiger partial charge in [0.15, 0.2) is 0 Å². The monoisotopic (exact) mass is 294 g/mol. The molecule has 2 aromatic rings. The lowest BCUT2D eigenvalue weighted by atomic mass is 9.87. The van der Waals surface area contributed by atoms with Gasteiger partial charge < -0.3 is 4.90 Å². The summed E-state index contributed by atoms with van der Waals surface area (Å²) in [7, 11) is 0. The summed E-state index contributed by atoms with van der Waals surface area (Å²) in [5.41, 5.74) is 3.10. The Morgan fingerprint density at radius 2 is 1.59 bits per heavy atom. The second-order valence-electron chi connectivity index (χ2n) is 6.24. The van der Waals surface area contributed by atoms with Crippen LogP contribution in [0.2, 0.25) is 0 Å². The molecule has 0 radical (unpaired) electrons. The van der Waals surface area contributed by atoms with Crippen LogP contribution in [-0.4, -0.2) is 47.1 Å². The molecule has 1 saturated heterocycles. The molecular formula is C18H22N4. The number of aromatic nitrogens is 2. The minimum Gasteiger partial charge on any atom is -0.338 e. The Labute approximate surface area is 131 Å². The topological polar surface area (TPSA) is 32.3 Å². The summed E-state index contributed by atoms with van der Waals surface area (Å²) in [4.78, 5) is 13.7. The summed E-state index contributed by atoms with van der Waals surface area (Å²) < 4.78 is 0. The number of hydrogen-bond acceptors (Lipinski definition) is 4. The first-order chi connectivity index (χ1) is 10.9. The van der Waals surface area contributed by atoms with E-state index in [0.717, 1.165) is 32.1 Å². The maximum Gasteiger partial charge on any atom is 0.225 e. The highest BCUT2D eigenvalue weighted by molar-refractivity contribution is 5.31. The van der Waals surface area contributed by atoms with Gasteiger partial charge in [0.2, 0.25) is 5.95 Å². The molecule has 1 aliphatic carbocycles. The first kappa shape index (κ1) is 13.7. The highest BCUT2D eigenvalue weighted by Gasteiger charge is 2.27. The van der Waals surface area contributed by atoms with E-state index in [-0.39, 0.29) is 0 Å². The molecule has 1 aliphatic heterocycles. The molecule has 0 N–H and O–H groups in total. The fourth-order valence-electron chi connectivity index (χ4n) is 3.73. The van der Waals surface area contributed by atoms with Crippen molar-refractivity contribution < 1.29 is 0 Å². The van der Waals surface area contributed by atoms with Crippen molar-refractivity contribution in [2.75, 3.05) is 31.1 Å². The second-order valence-corrected chi connectivity index (χ2v) is 6.24. The van der Waals surface area contributed by atoms with E-state index in [2.05, 4.69) is 44.0 Å². The molecule has 1 atom stereocenters. The fourth-order valence-corrected chi connectivity index (χ4v) is 3.73. The van der Waals surface area contributed by atoms with Crippen LogP contribution in [-0.2, 0) is 12.8 Å². The molecule has 0 bridgehead atoms. The molecule has 114 valence electrons. The third-order valence-corrected chi connectivity index (χ3v) is 4.99. The average molecular weight is 294 g/mol. The number of piperazine rings is 1. The van der Waals surface area contributed by atoms with Gasteiger partial charge in [-0.15, -0.1) is 0 Å². The molecule has 1 unspecified atom stereocenters. The van der Waals surface area contributed by atoms with Crippen LogP contribution in [0.1, 0.15) is 17.5 Å². The number of rotatable bonds is 2. The normalized spacial score (nSPS) is 22.4. The van der Waals surface area contributed by atoms with Crippen LogP contribution in [0.5, 0.6) is 0 Å². The summed E-state index contributed by atoms with van der Waals surface area (Å²) in [6.07, 6.45) is 7.37. The summed E-state index contributed by atoms with van der Waals surface area (Å²) in [6, 6.07) is 11.5. The molecule has 4 heteroatoms. The van der Waals surface area contributed by atoms with Gasteiger partial charge in [-0.3, -0.25) is 4.90 Å². The summed E-state index contributed by atoms with van der Waals surface area (Å²) >= 11 is 0.